The van der Waals surface area contributed by atoms with Crippen molar-refractivity contribution < 1.29 is 19.0 Å². The molecule has 0 aliphatic carbocycles. The lowest BCUT2D eigenvalue weighted by molar-refractivity contribution is 0.0323. The maximum atomic E-state index is 13.0. The highest BCUT2D eigenvalue weighted by Crippen LogP contribution is 2.33. The summed E-state index contributed by atoms with van der Waals surface area (Å²) in [6.45, 7) is 11.3. The number of nitrogens with one attached hydrogen (secondary N) is 2. The monoisotopic (exact) mass is 477 g/mol. The fourth-order valence-electron chi connectivity index (χ4n) is 4.16. The number of methoxy groups -OCH3 is 1. The fourth-order valence-corrected chi connectivity index (χ4v) is 4.16. The Morgan fingerprint density at radius 2 is 1.63 bits per heavy atom. The Kier molecular flexibility index (Phi) is 7.78. The second kappa shape index (κ2) is 11.0. The topological polar surface area (TPSA) is 72.1 Å². The molecule has 0 radical (unpaired) electrons. The van der Waals surface area contributed by atoms with Gasteiger partial charge in [-0.3, -0.25) is 4.90 Å². The van der Waals surface area contributed by atoms with E-state index in [1.54, 1.807) is 7.11 Å². The molecule has 7 nitrogen and oxygen atoms in total. The highest BCUT2D eigenvalue weighted by atomic mass is 16.5. The van der Waals surface area contributed by atoms with Crippen LogP contribution in [0.2, 0.25) is 0 Å². The summed E-state index contributed by atoms with van der Waals surface area (Å²) in [6, 6.07) is 17.3. The molecule has 3 aromatic carbocycles. The Bertz CT molecular complexity index is 1170. The van der Waals surface area contributed by atoms with Gasteiger partial charge in [0.2, 0.25) is 0 Å². The van der Waals surface area contributed by atoms with Crippen molar-refractivity contribution in [1.29, 1.82) is 0 Å². The van der Waals surface area contributed by atoms with E-state index in [9.17, 15) is 4.79 Å². The quantitative estimate of drug-likeness (QED) is 0.470. The lowest BCUT2D eigenvalue weighted by Crippen LogP contribution is -2.38. The Morgan fingerprint density at radius 1 is 0.943 bits per heavy atom. The predicted molar refractivity (Wildman–Crippen MR) is 141 cm³/mol. The zero-order valence-corrected chi connectivity index (χ0v) is 21.0. The van der Waals surface area contributed by atoms with Crippen molar-refractivity contribution in [2.24, 2.45) is 0 Å². The van der Waals surface area contributed by atoms with Gasteiger partial charge in [-0.2, -0.15) is 0 Å². The van der Waals surface area contributed by atoms with E-state index in [4.69, 9.17) is 14.2 Å². The summed E-state index contributed by atoms with van der Waals surface area (Å²) >= 11 is 0. The van der Waals surface area contributed by atoms with Crippen molar-refractivity contribution >= 4 is 28.2 Å². The van der Waals surface area contributed by atoms with Gasteiger partial charge in [0.1, 0.15) is 18.1 Å². The van der Waals surface area contributed by atoms with Crippen LogP contribution in [0.4, 0.5) is 16.2 Å². The van der Waals surface area contributed by atoms with E-state index in [-0.39, 0.29) is 11.4 Å². The number of fused-ring (bicyclic) bond motifs is 1. The molecule has 2 N–H and O–H groups in total. The van der Waals surface area contributed by atoms with Crippen molar-refractivity contribution in [1.82, 2.24) is 4.90 Å². The first-order chi connectivity index (χ1) is 16.8. The first-order valence-electron chi connectivity index (χ1n) is 12.1. The number of nitrogens with zero attached hydrogens (tertiary/aromatic N) is 1. The predicted octanol–water partition coefficient (Wildman–Crippen LogP) is 5.50. The van der Waals surface area contributed by atoms with Crippen LogP contribution in [0.25, 0.3) is 10.8 Å². The smallest absolute Gasteiger partial charge is 0.323 e. The zero-order chi connectivity index (χ0) is 24.8. The molecular formula is C28H35N3O4. The zero-order valence-electron chi connectivity index (χ0n) is 21.0. The minimum Gasteiger partial charge on any atom is -0.495 e. The van der Waals surface area contributed by atoms with E-state index in [1.807, 2.05) is 54.6 Å². The third-order valence-electron chi connectivity index (χ3n) is 6.21. The molecular weight excluding hydrogens is 442 g/mol. The Balaban J connectivity index is 1.48. The molecule has 0 saturated carbocycles. The van der Waals surface area contributed by atoms with Crippen LogP contribution in [-0.4, -0.2) is 57.5 Å². The maximum Gasteiger partial charge on any atom is 0.323 e. The number of carbonyl (C=O) groups excluding carboxylic acids is 1. The molecule has 0 bridgehead atoms. The van der Waals surface area contributed by atoms with Gasteiger partial charge in [0.25, 0.3) is 0 Å². The number of anilines is 2. The minimum atomic E-state index is -0.333. The summed E-state index contributed by atoms with van der Waals surface area (Å²) in [7, 11) is 1.60. The Morgan fingerprint density at radius 3 is 2.34 bits per heavy atom. The summed E-state index contributed by atoms with van der Waals surface area (Å²) in [5.41, 5.74) is 2.40. The van der Waals surface area contributed by atoms with E-state index < -0.39 is 0 Å². The highest BCUT2D eigenvalue weighted by Gasteiger charge is 2.18. The SMILES string of the molecule is COc1ccc(C(C)(C)C)cc1NC(=O)Nc1ccc(OCCN2CCOCC2)c2ccccc12. The van der Waals surface area contributed by atoms with Crippen molar-refractivity contribution in [3.05, 3.63) is 60.2 Å². The fraction of sp³-hybridized carbons (Fsp3) is 0.393. The van der Waals surface area contributed by atoms with Gasteiger partial charge in [-0.05, 0) is 35.2 Å². The van der Waals surface area contributed by atoms with E-state index in [0.29, 0.717) is 23.7 Å². The highest BCUT2D eigenvalue weighted by molar-refractivity contribution is 6.07. The van der Waals surface area contributed by atoms with Crippen LogP contribution in [0.5, 0.6) is 11.5 Å². The molecule has 186 valence electrons. The molecule has 4 rings (SSSR count). The van der Waals surface area contributed by atoms with Gasteiger partial charge in [0.15, 0.2) is 0 Å². The molecule has 0 unspecified atom stereocenters. The summed E-state index contributed by atoms with van der Waals surface area (Å²) in [5.74, 6) is 1.42. The van der Waals surface area contributed by atoms with E-state index in [1.165, 1.54) is 0 Å². The third kappa shape index (κ3) is 6.24. The van der Waals surface area contributed by atoms with E-state index >= 15 is 0 Å². The standard InChI is InChI=1S/C28H35N3O4/c1-28(2,3)20-9-11-26(33-4)24(19-20)30-27(32)29-23-10-12-25(22-8-6-5-7-21(22)23)35-18-15-31-13-16-34-17-14-31/h5-12,19H,13-18H2,1-4H3,(H2,29,30,32). The molecule has 1 heterocycles. The number of ether oxygens (including phenoxy) is 3. The number of urea groups is 1. The Labute approximate surface area is 207 Å². The van der Waals surface area contributed by atoms with Crippen LogP contribution in [0.1, 0.15) is 26.3 Å². The molecule has 7 heteroatoms. The van der Waals surface area contributed by atoms with Gasteiger partial charge < -0.3 is 24.8 Å². The van der Waals surface area contributed by atoms with Crippen molar-refractivity contribution in [3.63, 3.8) is 0 Å². The first kappa shape index (κ1) is 24.8. The van der Waals surface area contributed by atoms with Crippen molar-refractivity contribution in [3.8, 4) is 11.5 Å². The molecule has 0 spiro atoms. The molecule has 2 amide bonds. The normalized spacial score (nSPS) is 14.5. The van der Waals surface area contributed by atoms with Gasteiger partial charge in [-0.15, -0.1) is 0 Å². The molecule has 3 aromatic rings. The second-order valence-corrected chi connectivity index (χ2v) is 9.70. The first-order valence-corrected chi connectivity index (χ1v) is 12.1. The second-order valence-electron chi connectivity index (χ2n) is 9.70. The third-order valence-corrected chi connectivity index (χ3v) is 6.21. The number of amides is 2. The number of rotatable bonds is 7. The summed E-state index contributed by atoms with van der Waals surface area (Å²) in [4.78, 5) is 15.3. The van der Waals surface area contributed by atoms with Crippen molar-refractivity contribution in [2.75, 3.05) is 57.2 Å². The number of carbonyl (C=O) groups is 1. The summed E-state index contributed by atoms with van der Waals surface area (Å²) < 4.78 is 17.0. The molecule has 1 aliphatic heterocycles. The average Bonchev–Trinajstić information content (AvgIpc) is 2.85. The van der Waals surface area contributed by atoms with Gasteiger partial charge in [-0.1, -0.05) is 51.1 Å². The molecule has 1 aliphatic rings. The molecule has 1 fully saturated rings. The lowest BCUT2D eigenvalue weighted by Gasteiger charge is -2.26. The largest absolute Gasteiger partial charge is 0.495 e. The molecule has 35 heavy (non-hydrogen) atoms. The summed E-state index contributed by atoms with van der Waals surface area (Å²) in [5, 5.41) is 7.82. The van der Waals surface area contributed by atoms with Gasteiger partial charge in [0.05, 0.1) is 31.7 Å². The minimum absolute atomic E-state index is 0.0486. The number of benzene rings is 3. The molecule has 0 atom stereocenters. The van der Waals surface area contributed by atoms with Crippen LogP contribution >= 0.6 is 0 Å². The van der Waals surface area contributed by atoms with E-state index in [0.717, 1.165) is 54.9 Å². The van der Waals surface area contributed by atoms with E-state index in [2.05, 4.69) is 36.3 Å². The van der Waals surface area contributed by atoms with Crippen LogP contribution < -0.4 is 20.1 Å². The Hall–Kier alpha value is -3.29. The molecule has 0 aromatic heterocycles. The van der Waals surface area contributed by atoms with Crippen LogP contribution in [0.15, 0.2) is 54.6 Å². The number of hydrogen-bond acceptors (Lipinski definition) is 5. The van der Waals surface area contributed by atoms with Crippen LogP contribution in [-0.2, 0) is 10.2 Å². The molecule has 1 saturated heterocycles. The maximum absolute atomic E-state index is 13.0. The van der Waals surface area contributed by atoms with Crippen molar-refractivity contribution in [2.45, 2.75) is 26.2 Å². The number of hydrogen-bond donors (Lipinski definition) is 2. The van der Waals surface area contributed by atoms with Gasteiger partial charge >= 0.3 is 6.03 Å². The van der Waals surface area contributed by atoms with Gasteiger partial charge in [-0.25, -0.2) is 4.79 Å². The van der Waals surface area contributed by atoms with Gasteiger partial charge in [0, 0.05) is 30.4 Å². The van der Waals surface area contributed by atoms with Crippen LogP contribution in [0, 0.1) is 0 Å². The summed E-state index contributed by atoms with van der Waals surface area (Å²) in [6.07, 6.45) is 0. The number of morpholine rings is 1. The average molecular weight is 478 g/mol. The lowest BCUT2D eigenvalue weighted by atomic mass is 9.87. The van der Waals surface area contributed by atoms with Crippen LogP contribution in [0.3, 0.4) is 0 Å².